The molecule has 3 heterocycles. The van der Waals surface area contributed by atoms with E-state index < -0.39 is 11.9 Å². The minimum Gasteiger partial charge on any atom is -0.486 e. The van der Waals surface area contributed by atoms with Crippen LogP contribution < -0.4 is 10.2 Å². The smallest absolute Gasteiger partial charge is 0.337 e. The quantitative estimate of drug-likeness (QED) is 0.139. The molecule has 202 valence electrons. The lowest BCUT2D eigenvalue weighted by atomic mass is 10.1. The second-order valence-corrected chi connectivity index (χ2v) is 8.97. The maximum Gasteiger partial charge on any atom is 0.337 e. The van der Waals surface area contributed by atoms with Crippen LogP contribution in [0.3, 0.4) is 0 Å². The molecule has 9 heteroatoms. The highest BCUT2D eigenvalue weighted by atomic mass is 16.5. The van der Waals surface area contributed by atoms with Crippen molar-refractivity contribution in [2.45, 2.75) is 20.5 Å². The molecule has 9 nitrogen and oxygen atoms in total. The zero-order valence-corrected chi connectivity index (χ0v) is 22.2. The predicted molar refractivity (Wildman–Crippen MR) is 149 cm³/mol. The van der Waals surface area contributed by atoms with Crippen LogP contribution >= 0.6 is 0 Å². The van der Waals surface area contributed by atoms with Gasteiger partial charge in [-0.2, -0.15) is 5.10 Å². The van der Waals surface area contributed by atoms with Gasteiger partial charge in [-0.05, 0) is 86.6 Å². The number of aromatic nitrogens is 1. The summed E-state index contributed by atoms with van der Waals surface area (Å²) >= 11 is 0. The van der Waals surface area contributed by atoms with Crippen LogP contribution in [0.4, 0.5) is 0 Å². The van der Waals surface area contributed by atoms with Crippen molar-refractivity contribution in [3.63, 3.8) is 0 Å². The van der Waals surface area contributed by atoms with Crippen molar-refractivity contribution in [3.8, 4) is 22.8 Å². The van der Waals surface area contributed by atoms with E-state index in [0.29, 0.717) is 28.6 Å². The molecule has 0 unspecified atom stereocenters. The molecule has 2 aromatic carbocycles. The average Bonchev–Trinajstić information content (AvgIpc) is 3.72. The van der Waals surface area contributed by atoms with Gasteiger partial charge in [0.2, 0.25) is 0 Å². The van der Waals surface area contributed by atoms with E-state index in [2.05, 4.69) is 41.1 Å². The highest BCUT2D eigenvalue weighted by Crippen LogP contribution is 2.23. The molecule has 40 heavy (non-hydrogen) atoms. The minimum atomic E-state index is -0.505. The molecule has 0 saturated heterocycles. The SMILES string of the molecule is COC(=O)c1ccc(-c2ccc(/C=N/NC(=O)c3ccc(COc4ccc(-n5c(C)ccc5C)cc4)o3)o2)cc1. The fraction of sp³-hybridized carbons (Fsp3) is 0.129. The van der Waals surface area contributed by atoms with Gasteiger partial charge in [0, 0.05) is 22.6 Å². The van der Waals surface area contributed by atoms with Gasteiger partial charge < -0.3 is 22.9 Å². The standard InChI is InChI=1S/C31H27N3O6/c1-20-4-5-21(2)34(20)24-10-12-25(13-11-24)38-19-27-15-17-29(40-27)30(35)33-32-18-26-14-16-28(39-26)22-6-8-23(9-7-22)31(36)37-3/h4-18H,19H2,1-3H3,(H,33,35)/b32-18+. The number of hydrazone groups is 1. The van der Waals surface area contributed by atoms with E-state index in [0.717, 1.165) is 22.6 Å². The number of nitrogens with zero attached hydrogens (tertiary/aromatic N) is 2. The van der Waals surface area contributed by atoms with Crippen LogP contribution in [-0.4, -0.2) is 29.8 Å². The van der Waals surface area contributed by atoms with Crippen molar-refractivity contribution < 1.29 is 27.9 Å². The Labute approximate surface area is 230 Å². The molecule has 0 spiro atoms. The van der Waals surface area contributed by atoms with Gasteiger partial charge >= 0.3 is 11.9 Å². The second-order valence-electron chi connectivity index (χ2n) is 8.97. The highest BCUT2D eigenvalue weighted by Gasteiger charge is 2.12. The number of carbonyl (C=O) groups excluding carboxylic acids is 2. The lowest BCUT2D eigenvalue weighted by molar-refractivity contribution is 0.0600. The largest absolute Gasteiger partial charge is 0.486 e. The number of hydrogen-bond donors (Lipinski definition) is 1. The zero-order valence-electron chi connectivity index (χ0n) is 22.2. The lowest BCUT2D eigenvalue weighted by Crippen LogP contribution is -2.16. The van der Waals surface area contributed by atoms with E-state index in [-0.39, 0.29) is 12.4 Å². The van der Waals surface area contributed by atoms with Crippen LogP contribution in [0.25, 0.3) is 17.0 Å². The number of carbonyl (C=O) groups is 2. The van der Waals surface area contributed by atoms with E-state index in [4.69, 9.17) is 18.3 Å². The van der Waals surface area contributed by atoms with Crippen LogP contribution in [0.2, 0.25) is 0 Å². The Hall–Kier alpha value is -5.31. The number of amides is 1. The zero-order chi connectivity index (χ0) is 28.1. The Morgan fingerprint density at radius 3 is 2.30 bits per heavy atom. The van der Waals surface area contributed by atoms with Gasteiger partial charge in [0.1, 0.15) is 29.6 Å². The maximum absolute atomic E-state index is 12.4. The molecule has 0 aliphatic carbocycles. The molecule has 1 amide bonds. The van der Waals surface area contributed by atoms with Crippen molar-refractivity contribution in [1.29, 1.82) is 0 Å². The lowest BCUT2D eigenvalue weighted by Gasteiger charge is -2.10. The first-order valence-electron chi connectivity index (χ1n) is 12.5. The summed E-state index contributed by atoms with van der Waals surface area (Å²) in [5.41, 5.74) is 7.03. The van der Waals surface area contributed by atoms with Gasteiger partial charge in [0.05, 0.1) is 18.9 Å². The maximum atomic E-state index is 12.4. The van der Waals surface area contributed by atoms with Crippen LogP contribution in [0.15, 0.2) is 98.9 Å². The normalized spacial score (nSPS) is 11.1. The van der Waals surface area contributed by atoms with Gasteiger partial charge in [-0.3, -0.25) is 4.79 Å². The molecule has 0 atom stereocenters. The molecular formula is C31H27N3O6. The first-order chi connectivity index (χ1) is 19.4. The third-order valence-electron chi connectivity index (χ3n) is 6.21. The molecule has 0 bridgehead atoms. The number of hydrogen-bond acceptors (Lipinski definition) is 7. The van der Waals surface area contributed by atoms with Crippen LogP contribution in [0.1, 0.15) is 43.8 Å². The summed E-state index contributed by atoms with van der Waals surface area (Å²) < 4.78 is 24.0. The molecule has 0 saturated carbocycles. The molecule has 3 aromatic heterocycles. The summed E-state index contributed by atoms with van der Waals surface area (Å²) in [6.07, 6.45) is 1.39. The minimum absolute atomic E-state index is 0.107. The van der Waals surface area contributed by atoms with E-state index in [1.807, 2.05) is 24.3 Å². The number of ether oxygens (including phenoxy) is 2. The van der Waals surface area contributed by atoms with Crippen molar-refractivity contribution >= 4 is 18.1 Å². The molecule has 1 N–H and O–H groups in total. The van der Waals surface area contributed by atoms with E-state index in [9.17, 15) is 9.59 Å². The molecule has 5 aromatic rings. The van der Waals surface area contributed by atoms with Crippen molar-refractivity contribution in [1.82, 2.24) is 9.99 Å². The molecule has 0 fully saturated rings. The Balaban J connectivity index is 1.12. The predicted octanol–water partition coefficient (Wildman–Crippen LogP) is 6.08. The van der Waals surface area contributed by atoms with Crippen molar-refractivity contribution in [2.24, 2.45) is 5.10 Å². The summed E-state index contributed by atoms with van der Waals surface area (Å²) in [5.74, 6) is 1.41. The van der Waals surface area contributed by atoms with Gasteiger partial charge in [-0.15, -0.1) is 0 Å². The van der Waals surface area contributed by atoms with Gasteiger partial charge in [0.15, 0.2) is 5.76 Å². The summed E-state index contributed by atoms with van der Waals surface area (Å²) in [5, 5.41) is 3.95. The molecule has 0 aliphatic rings. The molecular weight excluding hydrogens is 510 g/mol. The Morgan fingerprint density at radius 2 is 1.60 bits per heavy atom. The number of furan rings is 2. The number of nitrogens with one attached hydrogen (secondary N) is 1. The van der Waals surface area contributed by atoms with Crippen LogP contribution in [0, 0.1) is 13.8 Å². The second kappa shape index (κ2) is 11.6. The van der Waals surface area contributed by atoms with Crippen LogP contribution in [0.5, 0.6) is 5.75 Å². The van der Waals surface area contributed by atoms with Gasteiger partial charge in [-0.25, -0.2) is 10.2 Å². The third kappa shape index (κ3) is 5.88. The van der Waals surface area contributed by atoms with E-state index >= 15 is 0 Å². The Bertz CT molecular complexity index is 1640. The Kier molecular flexibility index (Phi) is 7.63. The topological polar surface area (TPSA) is 108 Å². The van der Waals surface area contributed by atoms with E-state index in [1.165, 1.54) is 13.3 Å². The number of rotatable bonds is 9. The first-order valence-corrected chi connectivity index (χ1v) is 12.5. The number of aryl methyl sites for hydroxylation is 2. The monoisotopic (exact) mass is 537 g/mol. The molecule has 0 aliphatic heterocycles. The fourth-order valence-corrected chi connectivity index (χ4v) is 4.17. The number of methoxy groups -OCH3 is 1. The number of benzene rings is 2. The van der Waals surface area contributed by atoms with Gasteiger partial charge in [-0.1, -0.05) is 12.1 Å². The summed E-state index contributed by atoms with van der Waals surface area (Å²) in [4.78, 5) is 24.0. The summed E-state index contributed by atoms with van der Waals surface area (Å²) in [7, 11) is 1.33. The van der Waals surface area contributed by atoms with Crippen LogP contribution in [-0.2, 0) is 11.3 Å². The van der Waals surface area contributed by atoms with Crippen molar-refractivity contribution in [2.75, 3.05) is 7.11 Å². The third-order valence-corrected chi connectivity index (χ3v) is 6.21. The number of esters is 1. The highest BCUT2D eigenvalue weighted by molar-refractivity contribution is 5.92. The van der Waals surface area contributed by atoms with Crippen molar-refractivity contribution in [3.05, 3.63) is 119 Å². The Morgan fingerprint density at radius 1 is 0.875 bits per heavy atom. The summed E-state index contributed by atoms with van der Waals surface area (Å²) in [6, 6.07) is 25.5. The van der Waals surface area contributed by atoms with Gasteiger partial charge in [0.25, 0.3) is 0 Å². The first kappa shape index (κ1) is 26.3. The summed E-state index contributed by atoms with van der Waals surface area (Å²) in [6.45, 7) is 4.31. The fourth-order valence-electron chi connectivity index (χ4n) is 4.17. The molecule has 5 rings (SSSR count). The average molecular weight is 538 g/mol. The molecule has 0 radical (unpaired) electrons. The van der Waals surface area contributed by atoms with E-state index in [1.54, 1.807) is 48.5 Å².